The Kier molecular flexibility index (Phi) is 5.89. The van der Waals surface area contributed by atoms with Crippen molar-refractivity contribution < 1.29 is 18.0 Å². The Labute approximate surface area is 207 Å². The second kappa shape index (κ2) is 9.04. The number of benzene rings is 2. The van der Waals surface area contributed by atoms with E-state index in [1.165, 1.54) is 23.1 Å². The van der Waals surface area contributed by atoms with Crippen molar-refractivity contribution in [1.82, 2.24) is 24.7 Å². The molecule has 3 aromatic heterocycles. The molecule has 5 rings (SSSR count). The minimum Gasteiger partial charge on any atom is -0.305 e. The Morgan fingerprint density at radius 2 is 1.72 bits per heavy atom. The number of carbonyl (C=O) groups excluding carboxylic acids is 1. The minimum atomic E-state index is -4.74. The van der Waals surface area contributed by atoms with Gasteiger partial charge in [-0.05, 0) is 49.4 Å². The van der Waals surface area contributed by atoms with Crippen LogP contribution in [0.2, 0.25) is 5.02 Å². The quantitative estimate of drug-likeness (QED) is 0.316. The molecule has 0 atom stereocenters. The maximum atomic E-state index is 13.8. The number of amides is 1. The summed E-state index contributed by atoms with van der Waals surface area (Å²) in [6.07, 6.45) is -2.11. The Hall–Kier alpha value is -4.31. The summed E-state index contributed by atoms with van der Waals surface area (Å²) in [5, 5.41) is 6.91. The smallest absolute Gasteiger partial charge is 0.305 e. The number of nitrogens with zero attached hydrogens (tertiary/aromatic N) is 5. The molecule has 0 saturated carbocycles. The average Bonchev–Trinajstić information content (AvgIpc) is 3.21. The summed E-state index contributed by atoms with van der Waals surface area (Å²) < 4.78 is 42.8. The predicted molar refractivity (Wildman–Crippen MR) is 129 cm³/mol. The lowest BCUT2D eigenvalue weighted by Crippen LogP contribution is -2.17. The molecule has 1 amide bonds. The van der Waals surface area contributed by atoms with Gasteiger partial charge in [-0.15, -0.1) is 0 Å². The number of halogens is 4. The number of para-hydroxylation sites is 1. The number of hydrogen-bond donors (Lipinski definition) is 1. The van der Waals surface area contributed by atoms with E-state index in [1.54, 1.807) is 31.2 Å². The van der Waals surface area contributed by atoms with E-state index in [1.807, 2.05) is 18.2 Å². The first-order valence-corrected chi connectivity index (χ1v) is 11.0. The molecule has 0 aliphatic rings. The van der Waals surface area contributed by atoms with E-state index in [0.717, 1.165) is 6.07 Å². The molecule has 0 bridgehead atoms. The third kappa shape index (κ3) is 4.38. The normalized spacial score (nSPS) is 11.6. The van der Waals surface area contributed by atoms with Crippen LogP contribution in [-0.2, 0) is 6.18 Å². The second-order valence-electron chi connectivity index (χ2n) is 7.82. The van der Waals surface area contributed by atoms with Gasteiger partial charge in [-0.3, -0.25) is 4.79 Å². The predicted octanol–water partition coefficient (Wildman–Crippen LogP) is 6.11. The molecule has 0 radical (unpaired) electrons. The van der Waals surface area contributed by atoms with E-state index in [9.17, 15) is 18.0 Å². The molecule has 180 valence electrons. The van der Waals surface area contributed by atoms with Crippen molar-refractivity contribution in [2.75, 3.05) is 5.32 Å². The fourth-order valence-electron chi connectivity index (χ4n) is 3.71. The Morgan fingerprint density at radius 1 is 1.00 bits per heavy atom. The third-order valence-corrected chi connectivity index (χ3v) is 5.67. The zero-order valence-electron chi connectivity index (χ0n) is 18.6. The maximum Gasteiger partial charge on any atom is 0.417 e. The molecule has 3 heterocycles. The van der Waals surface area contributed by atoms with Crippen LogP contribution in [0.25, 0.3) is 28.1 Å². The Balaban J connectivity index is 1.64. The number of alkyl halides is 3. The fraction of sp³-hybridized carbons (Fsp3) is 0.0800. The van der Waals surface area contributed by atoms with Crippen LogP contribution >= 0.6 is 11.6 Å². The molecular weight excluding hydrogens is 493 g/mol. The summed E-state index contributed by atoms with van der Waals surface area (Å²) >= 11 is 6.19. The van der Waals surface area contributed by atoms with Crippen LogP contribution in [-0.4, -0.2) is 30.6 Å². The van der Waals surface area contributed by atoms with Crippen LogP contribution in [0.3, 0.4) is 0 Å². The van der Waals surface area contributed by atoms with E-state index in [0.29, 0.717) is 28.5 Å². The van der Waals surface area contributed by atoms with Crippen LogP contribution in [0.4, 0.5) is 19.0 Å². The van der Waals surface area contributed by atoms with Gasteiger partial charge < -0.3 is 5.32 Å². The summed E-state index contributed by atoms with van der Waals surface area (Å²) in [5.74, 6) is -0.681. The van der Waals surface area contributed by atoms with Crippen LogP contribution in [0.15, 0.2) is 73.1 Å². The molecule has 7 nitrogen and oxygen atoms in total. The number of aromatic nitrogens is 5. The molecule has 0 aliphatic heterocycles. The van der Waals surface area contributed by atoms with Crippen LogP contribution in [0, 0.1) is 6.92 Å². The van der Waals surface area contributed by atoms with E-state index in [2.05, 4.69) is 25.4 Å². The lowest BCUT2D eigenvalue weighted by atomic mass is 10.0. The summed E-state index contributed by atoms with van der Waals surface area (Å²) in [7, 11) is 0. The first kappa shape index (κ1) is 23.4. The molecule has 0 spiro atoms. The van der Waals surface area contributed by atoms with E-state index < -0.39 is 17.6 Å². The van der Waals surface area contributed by atoms with Crippen molar-refractivity contribution in [3.05, 3.63) is 94.9 Å². The van der Waals surface area contributed by atoms with Gasteiger partial charge in [0.25, 0.3) is 5.91 Å². The zero-order chi connectivity index (χ0) is 25.4. The van der Waals surface area contributed by atoms with Crippen LogP contribution in [0.1, 0.15) is 21.6 Å². The van der Waals surface area contributed by atoms with E-state index >= 15 is 0 Å². The largest absolute Gasteiger partial charge is 0.417 e. The van der Waals surface area contributed by atoms with Crippen molar-refractivity contribution in [2.24, 2.45) is 0 Å². The molecule has 0 aliphatic carbocycles. The Bertz CT molecular complexity index is 1590. The third-order valence-electron chi connectivity index (χ3n) is 5.35. The number of rotatable bonds is 4. The number of fused-ring (bicyclic) bond motifs is 1. The van der Waals surface area contributed by atoms with Gasteiger partial charge in [0.1, 0.15) is 11.0 Å². The van der Waals surface area contributed by atoms with Crippen LogP contribution < -0.4 is 5.32 Å². The zero-order valence-corrected chi connectivity index (χ0v) is 19.3. The lowest BCUT2D eigenvalue weighted by molar-refractivity contribution is -0.137. The number of carbonyl (C=O) groups is 1. The standard InChI is InChI=1S/C25H16ClF3N6O/c1-14-8-9-20-21(32-14)23(35(34-20)15-6-3-2-4-7-15)33-24(36)17-12-16(22-30-10-5-11-31-22)18(13-19(17)26)25(27,28)29/h2-13H,1H3,(H,33,36). The van der Waals surface area contributed by atoms with Gasteiger partial charge in [0, 0.05) is 23.7 Å². The summed E-state index contributed by atoms with van der Waals surface area (Å²) in [5.41, 5.74) is 0.689. The molecule has 5 aromatic rings. The van der Waals surface area contributed by atoms with Gasteiger partial charge in [-0.2, -0.15) is 18.3 Å². The van der Waals surface area contributed by atoms with Gasteiger partial charge in [-0.1, -0.05) is 29.8 Å². The second-order valence-corrected chi connectivity index (χ2v) is 8.23. The highest BCUT2D eigenvalue weighted by Gasteiger charge is 2.36. The topological polar surface area (TPSA) is 85.6 Å². The summed E-state index contributed by atoms with van der Waals surface area (Å²) in [6, 6.07) is 15.8. The Morgan fingerprint density at radius 3 is 2.42 bits per heavy atom. The van der Waals surface area contributed by atoms with Crippen LogP contribution in [0.5, 0.6) is 0 Å². The molecule has 11 heteroatoms. The number of aryl methyl sites for hydroxylation is 1. The fourth-order valence-corrected chi connectivity index (χ4v) is 3.96. The van der Waals surface area contributed by atoms with Gasteiger partial charge in [0.2, 0.25) is 0 Å². The highest BCUT2D eigenvalue weighted by atomic mass is 35.5. The van der Waals surface area contributed by atoms with Gasteiger partial charge in [0.15, 0.2) is 11.6 Å². The van der Waals surface area contributed by atoms with Crippen molar-refractivity contribution >= 4 is 34.4 Å². The minimum absolute atomic E-state index is 0.186. The molecular formula is C25H16ClF3N6O. The summed E-state index contributed by atoms with van der Waals surface area (Å²) in [4.78, 5) is 25.8. The van der Waals surface area contributed by atoms with Crippen molar-refractivity contribution in [2.45, 2.75) is 13.1 Å². The summed E-state index contributed by atoms with van der Waals surface area (Å²) in [6.45, 7) is 1.80. The highest BCUT2D eigenvalue weighted by Crippen LogP contribution is 2.39. The van der Waals surface area contributed by atoms with Crippen molar-refractivity contribution in [3.8, 4) is 17.1 Å². The van der Waals surface area contributed by atoms with Gasteiger partial charge >= 0.3 is 6.18 Å². The SMILES string of the molecule is Cc1ccc2nn(-c3ccccc3)c(NC(=O)c3cc(-c4ncccn4)c(C(F)(F)F)cc3Cl)c2n1. The molecule has 0 saturated heterocycles. The van der Waals surface area contributed by atoms with E-state index in [-0.39, 0.29) is 27.8 Å². The molecule has 2 aromatic carbocycles. The monoisotopic (exact) mass is 508 g/mol. The average molecular weight is 509 g/mol. The first-order chi connectivity index (χ1) is 17.2. The van der Waals surface area contributed by atoms with Crippen molar-refractivity contribution in [3.63, 3.8) is 0 Å². The number of pyridine rings is 1. The molecule has 36 heavy (non-hydrogen) atoms. The lowest BCUT2D eigenvalue weighted by Gasteiger charge is -2.15. The number of hydrogen-bond acceptors (Lipinski definition) is 5. The first-order valence-electron chi connectivity index (χ1n) is 10.6. The number of anilines is 1. The highest BCUT2D eigenvalue weighted by molar-refractivity contribution is 6.34. The van der Waals surface area contributed by atoms with Gasteiger partial charge in [0.05, 0.1) is 21.8 Å². The molecule has 1 N–H and O–H groups in total. The number of nitrogens with one attached hydrogen (secondary N) is 1. The van der Waals surface area contributed by atoms with E-state index in [4.69, 9.17) is 11.6 Å². The van der Waals surface area contributed by atoms with Gasteiger partial charge in [-0.25, -0.2) is 19.6 Å². The molecule has 0 fully saturated rings. The van der Waals surface area contributed by atoms with Crippen molar-refractivity contribution in [1.29, 1.82) is 0 Å². The molecule has 0 unspecified atom stereocenters. The maximum absolute atomic E-state index is 13.8.